The molecular weight excluding hydrogens is 244 g/mol. The Bertz CT molecular complexity index is 467. The number of hydrogen-bond donors (Lipinski definition) is 2. The number of esters is 1. The van der Waals surface area contributed by atoms with Gasteiger partial charge in [0.1, 0.15) is 6.10 Å². The van der Waals surface area contributed by atoms with Gasteiger partial charge >= 0.3 is 5.97 Å². The zero-order valence-electron chi connectivity index (χ0n) is 11.1. The van der Waals surface area contributed by atoms with Gasteiger partial charge in [-0.05, 0) is 31.3 Å². The fourth-order valence-corrected chi connectivity index (χ4v) is 3.65. The lowest BCUT2D eigenvalue weighted by atomic mass is 9.64. The van der Waals surface area contributed by atoms with Crippen molar-refractivity contribution in [3.63, 3.8) is 0 Å². The van der Waals surface area contributed by atoms with Gasteiger partial charge in [-0.2, -0.15) is 0 Å². The summed E-state index contributed by atoms with van der Waals surface area (Å²) in [5, 5.41) is 20.7. The maximum absolute atomic E-state index is 11.7. The molecule has 2 bridgehead atoms. The summed E-state index contributed by atoms with van der Waals surface area (Å²) in [4.78, 5) is 11.7. The van der Waals surface area contributed by atoms with Crippen LogP contribution >= 0.6 is 0 Å². The molecule has 0 aromatic rings. The Balaban J connectivity index is 2.01. The average molecular weight is 264 g/mol. The summed E-state index contributed by atoms with van der Waals surface area (Å²) in [6.45, 7) is 5.79. The Morgan fingerprint density at radius 3 is 2.95 bits per heavy atom. The number of fused-ring (bicyclic) bond motifs is 3. The zero-order valence-corrected chi connectivity index (χ0v) is 11.1. The van der Waals surface area contributed by atoms with E-state index in [0.29, 0.717) is 24.8 Å². The van der Waals surface area contributed by atoms with Gasteiger partial charge in [0, 0.05) is 16.9 Å². The number of aliphatic hydroxyl groups excluding tert-OH is 2. The molecule has 0 aromatic heterocycles. The number of carbonyl (C=O) groups is 1. The maximum Gasteiger partial charge on any atom is 0.334 e. The third kappa shape index (κ3) is 1.85. The normalized spacial score (nSPS) is 45.9. The van der Waals surface area contributed by atoms with Crippen molar-refractivity contribution in [1.82, 2.24) is 0 Å². The number of aliphatic hydroxyl groups is 2. The van der Waals surface area contributed by atoms with Crippen LogP contribution in [0, 0.1) is 11.3 Å². The van der Waals surface area contributed by atoms with Crippen molar-refractivity contribution in [3.8, 4) is 0 Å². The van der Waals surface area contributed by atoms with Gasteiger partial charge in [0.2, 0.25) is 0 Å². The second-order valence-electron chi connectivity index (χ2n) is 6.35. The summed E-state index contributed by atoms with van der Waals surface area (Å²) in [6.07, 6.45) is 3.08. The van der Waals surface area contributed by atoms with E-state index in [1.807, 2.05) is 13.0 Å². The van der Waals surface area contributed by atoms with Crippen LogP contribution in [0.1, 0.15) is 32.6 Å². The Hall–Kier alpha value is -1.13. The molecule has 2 aliphatic carbocycles. The SMILES string of the molecule is C=C1C(=O)O[C@@H]2[C@@H](O)[C@]3(C)CC[C@@H](O)C(=CC[C@@H]12)C3. The van der Waals surface area contributed by atoms with E-state index in [0.717, 1.165) is 12.0 Å². The first-order chi connectivity index (χ1) is 8.92. The van der Waals surface area contributed by atoms with Crippen LogP contribution in [0.15, 0.2) is 23.8 Å². The molecule has 1 saturated heterocycles. The van der Waals surface area contributed by atoms with E-state index >= 15 is 0 Å². The van der Waals surface area contributed by atoms with Gasteiger partial charge in [-0.25, -0.2) is 4.79 Å². The van der Waals surface area contributed by atoms with Gasteiger partial charge in [-0.3, -0.25) is 0 Å². The van der Waals surface area contributed by atoms with Crippen LogP contribution in [0.3, 0.4) is 0 Å². The van der Waals surface area contributed by atoms with E-state index in [4.69, 9.17) is 4.74 Å². The standard InChI is InChI=1S/C15H20O4/c1-8-10-4-3-9-7-15(2,6-5-11(9)16)13(17)12(10)19-14(8)18/h3,10-13,16-17H,1,4-7H2,2H3/t10-,11+,12-,13+,15+/m0/s1. The number of allylic oxidation sites excluding steroid dienone is 1. The van der Waals surface area contributed by atoms with Crippen molar-refractivity contribution in [2.24, 2.45) is 11.3 Å². The molecule has 3 aliphatic rings. The Morgan fingerprint density at radius 1 is 1.47 bits per heavy atom. The van der Waals surface area contributed by atoms with Crippen LogP contribution in [0.2, 0.25) is 0 Å². The quantitative estimate of drug-likeness (QED) is 0.393. The fourth-order valence-electron chi connectivity index (χ4n) is 3.65. The molecule has 1 heterocycles. The van der Waals surface area contributed by atoms with Crippen LogP contribution in [0.5, 0.6) is 0 Å². The first-order valence-corrected chi connectivity index (χ1v) is 6.87. The lowest BCUT2D eigenvalue weighted by molar-refractivity contribution is -0.151. The number of ether oxygens (including phenoxy) is 1. The topological polar surface area (TPSA) is 66.8 Å². The Labute approximate surface area is 112 Å². The van der Waals surface area contributed by atoms with Crippen molar-refractivity contribution >= 4 is 5.97 Å². The monoisotopic (exact) mass is 264 g/mol. The van der Waals surface area contributed by atoms with Gasteiger partial charge in [-0.1, -0.05) is 19.6 Å². The van der Waals surface area contributed by atoms with Gasteiger partial charge < -0.3 is 14.9 Å². The number of rotatable bonds is 0. The molecule has 5 atom stereocenters. The molecule has 4 heteroatoms. The predicted molar refractivity (Wildman–Crippen MR) is 69.2 cm³/mol. The first-order valence-electron chi connectivity index (χ1n) is 6.87. The van der Waals surface area contributed by atoms with Crippen molar-refractivity contribution < 1.29 is 19.7 Å². The molecular formula is C15H20O4. The minimum atomic E-state index is -0.697. The highest BCUT2D eigenvalue weighted by atomic mass is 16.6. The van der Waals surface area contributed by atoms with Crippen molar-refractivity contribution in [3.05, 3.63) is 23.8 Å². The molecule has 3 rings (SSSR count). The fraction of sp³-hybridized carbons (Fsp3) is 0.667. The molecule has 104 valence electrons. The van der Waals surface area contributed by atoms with Crippen LogP contribution in [0.25, 0.3) is 0 Å². The Morgan fingerprint density at radius 2 is 2.21 bits per heavy atom. The van der Waals surface area contributed by atoms with Crippen molar-refractivity contribution in [1.29, 1.82) is 0 Å². The second kappa shape index (κ2) is 4.18. The second-order valence-corrected chi connectivity index (χ2v) is 6.35. The summed E-state index contributed by atoms with van der Waals surface area (Å²) in [5.41, 5.74) is 1.09. The van der Waals surface area contributed by atoms with Crippen LogP contribution < -0.4 is 0 Å². The smallest absolute Gasteiger partial charge is 0.334 e. The Kier molecular flexibility index (Phi) is 2.84. The third-order valence-corrected chi connectivity index (χ3v) is 5.03. The molecule has 0 amide bonds. The van der Waals surface area contributed by atoms with Gasteiger partial charge in [0.15, 0.2) is 0 Å². The van der Waals surface area contributed by atoms with Gasteiger partial charge in [-0.15, -0.1) is 0 Å². The first kappa shape index (κ1) is 12.9. The van der Waals surface area contributed by atoms with Crippen molar-refractivity contribution in [2.45, 2.75) is 50.9 Å². The lowest BCUT2D eigenvalue weighted by Gasteiger charge is -2.44. The highest BCUT2D eigenvalue weighted by molar-refractivity contribution is 5.91. The van der Waals surface area contributed by atoms with E-state index in [1.54, 1.807) is 0 Å². The largest absolute Gasteiger partial charge is 0.456 e. The maximum atomic E-state index is 11.7. The molecule has 2 N–H and O–H groups in total. The highest BCUT2D eigenvalue weighted by Gasteiger charge is 2.51. The molecule has 0 spiro atoms. The lowest BCUT2D eigenvalue weighted by Crippen LogP contribution is -2.48. The van der Waals surface area contributed by atoms with Crippen LogP contribution in [0.4, 0.5) is 0 Å². The number of carbonyl (C=O) groups excluding carboxylic acids is 1. The molecule has 4 nitrogen and oxygen atoms in total. The van der Waals surface area contributed by atoms with Gasteiger partial charge in [0.25, 0.3) is 0 Å². The van der Waals surface area contributed by atoms with Crippen LogP contribution in [-0.4, -0.2) is 34.5 Å². The third-order valence-electron chi connectivity index (χ3n) is 5.03. The average Bonchev–Trinajstić information content (AvgIpc) is 2.65. The molecule has 2 fully saturated rings. The number of hydrogen-bond acceptors (Lipinski definition) is 4. The van der Waals surface area contributed by atoms with E-state index < -0.39 is 24.3 Å². The van der Waals surface area contributed by atoms with E-state index in [9.17, 15) is 15.0 Å². The molecule has 1 aliphatic heterocycles. The van der Waals surface area contributed by atoms with Gasteiger partial charge in [0.05, 0.1) is 12.2 Å². The minimum absolute atomic E-state index is 0.164. The van der Waals surface area contributed by atoms with E-state index in [-0.39, 0.29) is 11.3 Å². The van der Waals surface area contributed by atoms with Crippen molar-refractivity contribution in [2.75, 3.05) is 0 Å². The minimum Gasteiger partial charge on any atom is -0.456 e. The zero-order chi connectivity index (χ0) is 13.8. The molecule has 1 saturated carbocycles. The van der Waals surface area contributed by atoms with E-state index in [1.165, 1.54) is 0 Å². The van der Waals surface area contributed by atoms with Crippen LogP contribution in [-0.2, 0) is 9.53 Å². The highest BCUT2D eigenvalue weighted by Crippen LogP contribution is 2.48. The molecule has 19 heavy (non-hydrogen) atoms. The summed E-state index contributed by atoms with van der Waals surface area (Å²) < 4.78 is 5.33. The summed E-state index contributed by atoms with van der Waals surface area (Å²) >= 11 is 0. The van der Waals surface area contributed by atoms with E-state index in [2.05, 4.69) is 6.58 Å². The molecule has 0 radical (unpaired) electrons. The molecule has 0 aromatic carbocycles. The summed E-state index contributed by atoms with van der Waals surface area (Å²) in [6, 6.07) is 0. The predicted octanol–water partition coefficient (Wildman–Crippen LogP) is 1.33. The molecule has 0 unspecified atom stereocenters. The summed E-state index contributed by atoms with van der Waals surface area (Å²) in [7, 11) is 0. The summed E-state index contributed by atoms with van der Waals surface area (Å²) in [5.74, 6) is -0.560.